The molecule has 0 atom stereocenters. The van der Waals surface area contributed by atoms with Gasteiger partial charge in [-0.05, 0) is 24.6 Å². The van der Waals surface area contributed by atoms with Crippen molar-refractivity contribution in [3.05, 3.63) is 69.1 Å². The molecule has 0 radical (unpaired) electrons. The summed E-state index contributed by atoms with van der Waals surface area (Å²) in [5, 5.41) is 3.66. The quantitative estimate of drug-likeness (QED) is 0.753. The van der Waals surface area contributed by atoms with Gasteiger partial charge in [-0.2, -0.15) is 0 Å². The summed E-state index contributed by atoms with van der Waals surface area (Å²) in [6, 6.07) is 10.7. The SMILES string of the molecule is Cc1cccn2c(=O)c(C=O)c(Nc3cccc([ClH+])c3)nc12. The number of hydrogen-bond donors (Lipinski definition) is 1. The van der Waals surface area contributed by atoms with Gasteiger partial charge in [-0.1, -0.05) is 12.1 Å². The minimum Gasteiger partial charge on any atom is -0.339 e. The number of carbonyl (C=O) groups excluding carboxylic acids is 1. The van der Waals surface area contributed by atoms with E-state index in [4.69, 9.17) is 11.6 Å². The van der Waals surface area contributed by atoms with Crippen LogP contribution in [0.3, 0.4) is 0 Å². The van der Waals surface area contributed by atoms with Crippen LogP contribution in [0.5, 0.6) is 0 Å². The molecule has 6 heteroatoms. The van der Waals surface area contributed by atoms with E-state index in [0.717, 1.165) is 5.56 Å². The first-order valence-electron chi connectivity index (χ1n) is 6.61. The molecule has 1 N–H and O–H groups in total. The van der Waals surface area contributed by atoms with E-state index in [1.54, 1.807) is 36.5 Å². The Bertz CT molecular complexity index is 934. The van der Waals surface area contributed by atoms with Gasteiger partial charge in [0.05, 0.1) is 0 Å². The van der Waals surface area contributed by atoms with Crippen LogP contribution in [0, 0.1) is 18.5 Å². The first kappa shape index (κ1) is 14.3. The molecule has 0 amide bonds. The maximum Gasteiger partial charge on any atom is 0.270 e. The summed E-state index contributed by atoms with van der Waals surface area (Å²) in [4.78, 5) is 28.2. The number of carbonyl (C=O) groups is 1. The van der Waals surface area contributed by atoms with Crippen LogP contribution in [0.15, 0.2) is 47.4 Å². The lowest BCUT2D eigenvalue weighted by molar-refractivity contribution is -0.288. The molecule has 22 heavy (non-hydrogen) atoms. The molecule has 0 saturated heterocycles. The van der Waals surface area contributed by atoms with Gasteiger partial charge >= 0.3 is 0 Å². The number of hydrogen-bond acceptors (Lipinski definition) is 4. The molecule has 5 nitrogen and oxygen atoms in total. The lowest BCUT2D eigenvalue weighted by Gasteiger charge is -2.10. The summed E-state index contributed by atoms with van der Waals surface area (Å²) in [6.45, 7) is 1.86. The van der Waals surface area contributed by atoms with E-state index in [9.17, 15) is 9.59 Å². The molecule has 0 aliphatic heterocycles. The Kier molecular flexibility index (Phi) is 3.65. The number of benzene rings is 1. The zero-order valence-electron chi connectivity index (χ0n) is 11.7. The third-order valence-electron chi connectivity index (χ3n) is 3.30. The largest absolute Gasteiger partial charge is 0.339 e. The average Bonchev–Trinajstić information content (AvgIpc) is 2.49. The maximum absolute atomic E-state index is 12.4. The van der Waals surface area contributed by atoms with E-state index in [1.165, 1.54) is 4.40 Å². The Morgan fingerprint density at radius 3 is 2.82 bits per heavy atom. The molecule has 2 heterocycles. The number of nitrogens with one attached hydrogen (secondary N) is 1. The smallest absolute Gasteiger partial charge is 0.270 e. The Labute approximate surface area is 131 Å². The Hall–Kier alpha value is -2.66. The van der Waals surface area contributed by atoms with E-state index in [-0.39, 0.29) is 11.4 Å². The van der Waals surface area contributed by atoms with Crippen LogP contribution in [0.2, 0.25) is 5.02 Å². The lowest BCUT2D eigenvalue weighted by atomic mass is 10.2. The maximum atomic E-state index is 12.4. The summed E-state index contributed by atoms with van der Waals surface area (Å²) in [5.41, 5.74) is 1.62. The van der Waals surface area contributed by atoms with Crippen LogP contribution >= 0.6 is 0 Å². The zero-order chi connectivity index (χ0) is 15.7. The Morgan fingerprint density at radius 2 is 2.09 bits per heavy atom. The van der Waals surface area contributed by atoms with Crippen LogP contribution < -0.4 is 10.9 Å². The van der Waals surface area contributed by atoms with E-state index in [0.29, 0.717) is 22.6 Å². The molecule has 0 fully saturated rings. The molecule has 110 valence electrons. The standard InChI is InChI=1S/C16H12ClN3O2/c1-10-4-3-7-20-15(10)19-14(13(9-21)16(20)22)18-12-6-2-5-11(17)8-12/h2-9,17H,1H3/p+1. The third kappa shape index (κ3) is 2.46. The molecule has 0 saturated carbocycles. The molecular weight excluding hydrogens is 302 g/mol. The normalized spacial score (nSPS) is 10.6. The Balaban J connectivity index is 2.22. The van der Waals surface area contributed by atoms with E-state index in [2.05, 4.69) is 10.3 Å². The van der Waals surface area contributed by atoms with Crippen molar-refractivity contribution in [3.8, 4) is 0 Å². The summed E-state index contributed by atoms with van der Waals surface area (Å²) in [6.07, 6.45) is 2.11. The number of aldehydes is 1. The molecule has 0 spiro atoms. The van der Waals surface area contributed by atoms with Crippen LogP contribution in [-0.4, -0.2) is 15.7 Å². The minimum atomic E-state index is -0.402. The monoisotopic (exact) mass is 314 g/mol. The van der Waals surface area contributed by atoms with Crippen molar-refractivity contribution in [3.63, 3.8) is 0 Å². The van der Waals surface area contributed by atoms with Crippen LogP contribution in [0.4, 0.5) is 11.5 Å². The fraction of sp³-hybridized carbons (Fsp3) is 0.0625. The summed E-state index contributed by atoms with van der Waals surface area (Å²) < 4.78 is 1.37. The molecule has 0 aliphatic rings. The molecule has 3 aromatic rings. The molecule has 3 rings (SSSR count). The second-order valence-electron chi connectivity index (χ2n) is 4.83. The lowest BCUT2D eigenvalue weighted by Crippen LogP contribution is -2.22. The highest BCUT2D eigenvalue weighted by Gasteiger charge is 2.13. The van der Waals surface area contributed by atoms with Gasteiger partial charge in [-0.15, -0.1) is 0 Å². The van der Waals surface area contributed by atoms with Crippen LogP contribution in [0.25, 0.3) is 5.65 Å². The summed E-state index contributed by atoms with van der Waals surface area (Å²) in [5.74, 6) is 0.231. The van der Waals surface area contributed by atoms with Crippen molar-refractivity contribution in [2.75, 3.05) is 5.32 Å². The third-order valence-corrected chi connectivity index (χ3v) is 3.55. The average molecular weight is 315 g/mol. The topological polar surface area (TPSA) is 63.5 Å². The Morgan fingerprint density at radius 1 is 1.27 bits per heavy atom. The number of aryl methyl sites for hydroxylation is 1. The van der Waals surface area contributed by atoms with E-state index >= 15 is 0 Å². The van der Waals surface area contributed by atoms with Crippen LogP contribution in [0.1, 0.15) is 15.9 Å². The van der Waals surface area contributed by atoms with Gasteiger partial charge in [0.1, 0.15) is 17.0 Å². The zero-order valence-corrected chi connectivity index (χ0v) is 12.6. The number of halogens is 1. The molecule has 2 aromatic heterocycles. The van der Waals surface area contributed by atoms with Gasteiger partial charge in [0.15, 0.2) is 17.9 Å². The summed E-state index contributed by atoms with van der Waals surface area (Å²) in [7, 11) is 0. The van der Waals surface area contributed by atoms with Crippen molar-refractivity contribution in [2.45, 2.75) is 6.92 Å². The predicted molar refractivity (Wildman–Crippen MR) is 81.9 cm³/mol. The number of rotatable bonds is 3. The van der Waals surface area contributed by atoms with Crippen molar-refractivity contribution in [1.29, 1.82) is 0 Å². The van der Waals surface area contributed by atoms with Crippen molar-refractivity contribution < 1.29 is 16.4 Å². The number of pyridine rings is 1. The van der Waals surface area contributed by atoms with Crippen molar-refractivity contribution in [1.82, 2.24) is 9.38 Å². The van der Waals surface area contributed by atoms with Gasteiger partial charge in [0.25, 0.3) is 5.56 Å². The van der Waals surface area contributed by atoms with Gasteiger partial charge in [0, 0.05) is 24.0 Å². The van der Waals surface area contributed by atoms with Crippen molar-refractivity contribution in [2.24, 2.45) is 0 Å². The van der Waals surface area contributed by atoms with E-state index < -0.39 is 5.56 Å². The molecular formula is C16H13ClN3O2+. The van der Waals surface area contributed by atoms with Gasteiger partial charge in [-0.3, -0.25) is 14.0 Å². The first-order chi connectivity index (χ1) is 10.6. The minimum absolute atomic E-state index is 0.0159. The second-order valence-corrected chi connectivity index (χ2v) is 5.31. The molecule has 0 unspecified atom stereocenters. The van der Waals surface area contributed by atoms with Crippen LogP contribution in [-0.2, 0) is 0 Å². The van der Waals surface area contributed by atoms with Gasteiger partial charge in [-0.25, -0.2) is 4.98 Å². The van der Waals surface area contributed by atoms with Crippen molar-refractivity contribution >= 4 is 23.4 Å². The molecule has 1 aromatic carbocycles. The highest BCUT2D eigenvalue weighted by atomic mass is 35.5. The molecule has 0 aliphatic carbocycles. The summed E-state index contributed by atoms with van der Waals surface area (Å²) >= 11 is 5.10. The fourth-order valence-corrected chi connectivity index (χ4v) is 2.43. The fourth-order valence-electron chi connectivity index (χ4n) is 2.22. The number of nitrogens with zero attached hydrogens (tertiary/aromatic N) is 2. The number of fused-ring (bicyclic) bond motifs is 1. The second kappa shape index (κ2) is 5.61. The molecule has 0 bridgehead atoms. The number of anilines is 2. The van der Waals surface area contributed by atoms with E-state index in [1.807, 2.05) is 13.0 Å². The van der Waals surface area contributed by atoms with Gasteiger partial charge in [0.2, 0.25) is 5.02 Å². The highest BCUT2D eigenvalue weighted by Crippen LogP contribution is 2.19. The predicted octanol–water partition coefficient (Wildman–Crippen LogP) is 2.26. The highest BCUT2D eigenvalue weighted by molar-refractivity contribution is 5.84. The number of aromatic nitrogens is 2. The van der Waals surface area contributed by atoms with Gasteiger partial charge < -0.3 is 5.32 Å². The first-order valence-corrected chi connectivity index (χ1v) is 7.02.